The molecular weight excluding hydrogens is 276 g/mol. The molecule has 1 atom stereocenters. The molecule has 0 saturated carbocycles. The van der Waals surface area contributed by atoms with Crippen LogP contribution < -0.4 is 10.0 Å². The van der Waals surface area contributed by atoms with Gasteiger partial charge < -0.3 is 10.1 Å². The smallest absolute Gasteiger partial charge is 0.241 e. The van der Waals surface area contributed by atoms with E-state index in [9.17, 15) is 8.42 Å². The molecule has 1 rings (SSSR count). The quantitative estimate of drug-likeness (QED) is 0.762. The van der Waals surface area contributed by atoms with Gasteiger partial charge in [-0.2, -0.15) is 0 Å². The molecule has 0 aromatic heterocycles. The van der Waals surface area contributed by atoms with Crippen LogP contribution in [0.1, 0.15) is 25.0 Å². The number of nitrogens with one attached hydrogen (secondary N) is 2. The molecule has 0 aliphatic rings. The molecule has 0 saturated heterocycles. The van der Waals surface area contributed by atoms with Gasteiger partial charge in [-0.3, -0.25) is 0 Å². The molecule has 2 N–H and O–H groups in total. The van der Waals surface area contributed by atoms with E-state index in [1.165, 1.54) is 0 Å². The zero-order chi connectivity index (χ0) is 15.2. The first-order valence-electron chi connectivity index (χ1n) is 6.75. The van der Waals surface area contributed by atoms with Crippen molar-refractivity contribution in [3.63, 3.8) is 0 Å². The van der Waals surface area contributed by atoms with Gasteiger partial charge >= 0.3 is 0 Å². The first kappa shape index (κ1) is 17.1. The molecule has 6 heteroatoms. The summed E-state index contributed by atoms with van der Waals surface area (Å²) < 4.78 is 32.7. The second-order valence-corrected chi connectivity index (χ2v) is 6.43. The molecule has 0 amide bonds. The van der Waals surface area contributed by atoms with Crippen LogP contribution in [0, 0.1) is 6.92 Å². The highest BCUT2D eigenvalue weighted by molar-refractivity contribution is 7.89. The van der Waals surface area contributed by atoms with Crippen LogP contribution >= 0.6 is 0 Å². The average molecular weight is 300 g/mol. The topological polar surface area (TPSA) is 67.4 Å². The molecule has 0 radical (unpaired) electrons. The fourth-order valence-corrected chi connectivity index (χ4v) is 3.51. The van der Waals surface area contributed by atoms with E-state index in [0.717, 1.165) is 11.1 Å². The Morgan fingerprint density at radius 3 is 2.65 bits per heavy atom. The van der Waals surface area contributed by atoms with Crippen LogP contribution in [0.5, 0.6) is 0 Å². The lowest BCUT2D eigenvalue weighted by atomic mass is 10.1. The SMILES string of the molecule is CCOCC(C)NS(=O)(=O)c1cccc(CNC)c1C. The van der Waals surface area contributed by atoms with Crippen molar-refractivity contribution in [3.05, 3.63) is 29.3 Å². The molecule has 1 aromatic carbocycles. The molecule has 114 valence electrons. The summed E-state index contributed by atoms with van der Waals surface area (Å²) in [5.74, 6) is 0. The summed E-state index contributed by atoms with van der Waals surface area (Å²) >= 11 is 0. The summed E-state index contributed by atoms with van der Waals surface area (Å²) in [6, 6.07) is 5.06. The second kappa shape index (κ2) is 7.73. The van der Waals surface area contributed by atoms with Crippen LogP contribution in [0.3, 0.4) is 0 Å². The van der Waals surface area contributed by atoms with E-state index in [1.807, 2.05) is 27.0 Å². The Morgan fingerprint density at radius 1 is 1.35 bits per heavy atom. The molecule has 20 heavy (non-hydrogen) atoms. The first-order valence-corrected chi connectivity index (χ1v) is 8.23. The van der Waals surface area contributed by atoms with Crippen molar-refractivity contribution in [2.75, 3.05) is 20.3 Å². The Hall–Kier alpha value is -0.950. The maximum absolute atomic E-state index is 12.4. The van der Waals surface area contributed by atoms with Gasteiger partial charge in [-0.25, -0.2) is 13.1 Å². The summed E-state index contributed by atoms with van der Waals surface area (Å²) in [7, 11) is -1.68. The van der Waals surface area contributed by atoms with Gasteiger partial charge in [0.25, 0.3) is 0 Å². The third-order valence-electron chi connectivity index (χ3n) is 2.98. The lowest BCUT2D eigenvalue weighted by Crippen LogP contribution is -2.36. The summed E-state index contributed by atoms with van der Waals surface area (Å²) in [5, 5.41) is 3.04. The summed E-state index contributed by atoms with van der Waals surface area (Å²) in [6.07, 6.45) is 0. The van der Waals surface area contributed by atoms with E-state index in [2.05, 4.69) is 10.0 Å². The lowest BCUT2D eigenvalue weighted by molar-refractivity contribution is 0.133. The third-order valence-corrected chi connectivity index (χ3v) is 4.72. The molecule has 0 spiro atoms. The molecule has 1 unspecified atom stereocenters. The molecule has 0 aliphatic heterocycles. The lowest BCUT2D eigenvalue weighted by Gasteiger charge is -2.16. The fourth-order valence-electron chi connectivity index (χ4n) is 1.99. The van der Waals surface area contributed by atoms with Crippen molar-refractivity contribution in [1.82, 2.24) is 10.0 Å². The van der Waals surface area contributed by atoms with Gasteiger partial charge in [-0.15, -0.1) is 0 Å². The van der Waals surface area contributed by atoms with Crippen LogP contribution in [0.2, 0.25) is 0 Å². The van der Waals surface area contributed by atoms with E-state index in [4.69, 9.17) is 4.74 Å². The van der Waals surface area contributed by atoms with Gasteiger partial charge in [0.2, 0.25) is 10.0 Å². The summed E-state index contributed by atoms with van der Waals surface area (Å²) in [5.41, 5.74) is 1.76. The maximum atomic E-state index is 12.4. The Morgan fingerprint density at radius 2 is 2.05 bits per heavy atom. The Balaban J connectivity index is 2.95. The summed E-state index contributed by atoms with van der Waals surface area (Å²) in [6.45, 7) is 7.08. The monoisotopic (exact) mass is 300 g/mol. The van der Waals surface area contributed by atoms with Gasteiger partial charge in [-0.1, -0.05) is 12.1 Å². The van der Waals surface area contributed by atoms with Gasteiger partial charge in [0.15, 0.2) is 0 Å². The highest BCUT2D eigenvalue weighted by Crippen LogP contribution is 2.19. The molecule has 0 aliphatic carbocycles. The maximum Gasteiger partial charge on any atom is 0.241 e. The van der Waals surface area contributed by atoms with Crippen molar-refractivity contribution in [3.8, 4) is 0 Å². The average Bonchev–Trinajstić information content (AvgIpc) is 2.38. The highest BCUT2D eigenvalue weighted by Gasteiger charge is 2.20. The molecule has 0 heterocycles. The number of hydrogen-bond donors (Lipinski definition) is 2. The number of ether oxygens (including phenoxy) is 1. The fraction of sp³-hybridized carbons (Fsp3) is 0.571. The number of rotatable bonds is 8. The minimum absolute atomic E-state index is 0.257. The van der Waals surface area contributed by atoms with Crippen LogP contribution in [-0.4, -0.2) is 34.7 Å². The van der Waals surface area contributed by atoms with Crippen LogP contribution in [0.15, 0.2) is 23.1 Å². The van der Waals surface area contributed by atoms with Crippen molar-refractivity contribution < 1.29 is 13.2 Å². The normalized spacial score (nSPS) is 13.4. The van der Waals surface area contributed by atoms with Crippen LogP contribution in [0.25, 0.3) is 0 Å². The Kier molecular flexibility index (Phi) is 6.61. The van der Waals surface area contributed by atoms with Crippen molar-refractivity contribution >= 4 is 10.0 Å². The minimum atomic E-state index is -3.52. The standard InChI is InChI=1S/C14H24N2O3S/c1-5-19-10-11(2)16-20(17,18)14-8-6-7-13(9-15-4)12(14)3/h6-8,11,15-16H,5,9-10H2,1-4H3. The first-order chi connectivity index (χ1) is 9.42. The zero-order valence-electron chi connectivity index (χ0n) is 12.6. The largest absolute Gasteiger partial charge is 0.380 e. The summed E-state index contributed by atoms with van der Waals surface area (Å²) in [4.78, 5) is 0.327. The van der Waals surface area contributed by atoms with Crippen molar-refractivity contribution in [1.29, 1.82) is 0 Å². The van der Waals surface area contributed by atoms with E-state index >= 15 is 0 Å². The van der Waals surface area contributed by atoms with Gasteiger partial charge in [0.1, 0.15) is 0 Å². The highest BCUT2D eigenvalue weighted by atomic mass is 32.2. The molecule has 1 aromatic rings. The van der Waals surface area contributed by atoms with Gasteiger partial charge in [0, 0.05) is 19.2 Å². The van der Waals surface area contributed by atoms with Crippen molar-refractivity contribution in [2.24, 2.45) is 0 Å². The van der Waals surface area contributed by atoms with Gasteiger partial charge in [0.05, 0.1) is 11.5 Å². The molecule has 5 nitrogen and oxygen atoms in total. The number of benzene rings is 1. The third kappa shape index (κ3) is 4.56. The van der Waals surface area contributed by atoms with E-state index < -0.39 is 10.0 Å². The minimum Gasteiger partial charge on any atom is -0.380 e. The second-order valence-electron chi connectivity index (χ2n) is 4.75. The van der Waals surface area contributed by atoms with E-state index in [0.29, 0.717) is 24.7 Å². The predicted molar refractivity (Wildman–Crippen MR) is 80.2 cm³/mol. The Labute approximate surface area is 121 Å². The Bertz CT molecular complexity index is 529. The van der Waals surface area contributed by atoms with Crippen LogP contribution in [-0.2, 0) is 21.3 Å². The van der Waals surface area contributed by atoms with E-state index in [-0.39, 0.29) is 6.04 Å². The van der Waals surface area contributed by atoms with Crippen molar-refractivity contribution in [2.45, 2.75) is 38.3 Å². The number of sulfonamides is 1. The molecular formula is C14H24N2O3S. The zero-order valence-corrected chi connectivity index (χ0v) is 13.4. The number of hydrogen-bond acceptors (Lipinski definition) is 4. The molecule has 0 bridgehead atoms. The predicted octanol–water partition coefficient (Wildman–Crippen LogP) is 1.42. The van der Waals surface area contributed by atoms with Crippen LogP contribution in [0.4, 0.5) is 0 Å². The van der Waals surface area contributed by atoms with E-state index in [1.54, 1.807) is 19.1 Å². The molecule has 0 fully saturated rings. The van der Waals surface area contributed by atoms with Gasteiger partial charge in [-0.05, 0) is 45.0 Å².